The zero-order valence-electron chi connectivity index (χ0n) is 15.8. The molecule has 0 bridgehead atoms. The van der Waals surface area contributed by atoms with E-state index in [-0.39, 0.29) is 23.0 Å². The van der Waals surface area contributed by atoms with Crippen molar-refractivity contribution in [3.63, 3.8) is 0 Å². The van der Waals surface area contributed by atoms with Crippen molar-refractivity contribution in [3.8, 4) is 0 Å². The summed E-state index contributed by atoms with van der Waals surface area (Å²) in [6.07, 6.45) is 1.17. The van der Waals surface area contributed by atoms with E-state index in [1.165, 1.54) is 37.7 Å². The van der Waals surface area contributed by atoms with Gasteiger partial charge < -0.3 is 14.8 Å². The fraction of sp³-hybridized carbons (Fsp3) is 0.316. The van der Waals surface area contributed by atoms with Crippen LogP contribution in [0, 0.1) is 0 Å². The van der Waals surface area contributed by atoms with Crippen molar-refractivity contribution in [1.82, 2.24) is 0 Å². The molecule has 1 aliphatic rings. The van der Waals surface area contributed by atoms with E-state index >= 15 is 0 Å². The monoisotopic (exact) mass is 439 g/mol. The summed E-state index contributed by atoms with van der Waals surface area (Å²) in [6.45, 7) is 0. The van der Waals surface area contributed by atoms with Gasteiger partial charge in [0.25, 0.3) is 5.91 Å². The van der Waals surface area contributed by atoms with Gasteiger partial charge in [-0.3, -0.25) is 14.4 Å². The SMILES string of the molecule is COC(=O)Cc1c(NC(=O)c2cc([NH2+]O)ccc2Cl)sc2c1C(C(=O)OC)CC2. The summed E-state index contributed by atoms with van der Waals surface area (Å²) in [6, 6.07) is 4.54. The van der Waals surface area contributed by atoms with E-state index < -0.39 is 17.8 Å². The fourth-order valence-corrected chi connectivity index (χ4v) is 4.87. The quantitative estimate of drug-likeness (QED) is 0.360. The van der Waals surface area contributed by atoms with Crippen molar-refractivity contribution in [1.29, 1.82) is 0 Å². The molecule has 1 heterocycles. The number of thiophene rings is 1. The number of amides is 1. The Hall–Kier alpha value is -2.46. The number of ether oxygens (including phenoxy) is 2. The highest BCUT2D eigenvalue weighted by Gasteiger charge is 2.36. The zero-order chi connectivity index (χ0) is 21.1. The minimum Gasteiger partial charge on any atom is -0.469 e. The summed E-state index contributed by atoms with van der Waals surface area (Å²) in [7, 11) is 2.60. The number of nitrogens with one attached hydrogen (secondary N) is 1. The third-order valence-corrected chi connectivity index (χ3v) is 6.33. The molecule has 0 saturated carbocycles. The van der Waals surface area contributed by atoms with E-state index in [1.807, 2.05) is 0 Å². The second-order valence-electron chi connectivity index (χ2n) is 6.44. The standard InChI is InChI=1S/C19H19ClN2O6S/c1-27-15(23)8-12-16-10(19(25)28-2)4-6-14(16)29-18(12)21-17(24)11-7-9(22-26)3-5-13(11)20/h3,5,7,10,22,26H,4,6,8H2,1-2H3,(H,21,24)/p+1. The number of halogens is 1. The maximum Gasteiger partial charge on any atom is 0.313 e. The van der Waals surface area contributed by atoms with Gasteiger partial charge in [-0.2, -0.15) is 5.48 Å². The van der Waals surface area contributed by atoms with Gasteiger partial charge in [0.05, 0.1) is 42.1 Å². The number of nitrogens with two attached hydrogens (primary N) is 1. The molecule has 0 fully saturated rings. The summed E-state index contributed by atoms with van der Waals surface area (Å²) in [5, 5.41) is 12.7. The number of rotatable bonds is 6. The van der Waals surface area contributed by atoms with E-state index in [1.54, 1.807) is 6.07 Å². The average Bonchev–Trinajstić information content (AvgIpc) is 3.27. The topological polar surface area (TPSA) is 119 Å². The highest BCUT2D eigenvalue weighted by Crippen LogP contribution is 2.46. The number of methoxy groups -OCH3 is 2. The number of hydrogen-bond donors (Lipinski definition) is 3. The van der Waals surface area contributed by atoms with E-state index in [0.717, 1.165) is 15.9 Å². The van der Waals surface area contributed by atoms with Crippen LogP contribution in [0.4, 0.5) is 10.7 Å². The van der Waals surface area contributed by atoms with Crippen LogP contribution in [0.2, 0.25) is 5.02 Å². The summed E-state index contributed by atoms with van der Waals surface area (Å²) >= 11 is 7.45. The maximum atomic E-state index is 12.8. The van der Waals surface area contributed by atoms with E-state index in [0.29, 0.717) is 29.1 Å². The van der Waals surface area contributed by atoms with Gasteiger partial charge in [0, 0.05) is 22.6 Å². The van der Waals surface area contributed by atoms with Gasteiger partial charge in [0.1, 0.15) is 0 Å². The van der Waals surface area contributed by atoms with Crippen molar-refractivity contribution in [2.75, 3.05) is 19.5 Å². The minimum absolute atomic E-state index is 0.0797. The Bertz CT molecular complexity index is 974. The number of benzene rings is 1. The lowest BCUT2D eigenvalue weighted by Gasteiger charge is -2.13. The number of quaternary nitrogens is 1. The zero-order valence-corrected chi connectivity index (χ0v) is 17.4. The molecule has 4 N–H and O–H groups in total. The summed E-state index contributed by atoms with van der Waals surface area (Å²) in [5.41, 5.74) is 2.76. The first-order valence-electron chi connectivity index (χ1n) is 8.77. The molecule has 2 aromatic rings. The second-order valence-corrected chi connectivity index (χ2v) is 7.95. The molecular weight excluding hydrogens is 420 g/mol. The third kappa shape index (κ3) is 4.27. The molecule has 0 saturated heterocycles. The Kier molecular flexibility index (Phi) is 6.53. The van der Waals surface area contributed by atoms with Crippen LogP contribution >= 0.6 is 22.9 Å². The first-order chi connectivity index (χ1) is 13.9. The van der Waals surface area contributed by atoms with Crippen LogP contribution < -0.4 is 10.8 Å². The van der Waals surface area contributed by atoms with Crippen LogP contribution in [0.1, 0.15) is 38.7 Å². The van der Waals surface area contributed by atoms with Gasteiger partial charge in [-0.25, -0.2) is 5.21 Å². The van der Waals surface area contributed by atoms with Crippen LogP contribution in [-0.4, -0.2) is 37.3 Å². The van der Waals surface area contributed by atoms with Crippen LogP contribution in [-0.2, 0) is 31.9 Å². The molecular formula is C19H20ClN2O6S+. The molecule has 1 aliphatic carbocycles. The summed E-state index contributed by atoms with van der Waals surface area (Å²) in [5.74, 6) is -1.82. The summed E-state index contributed by atoms with van der Waals surface area (Å²) < 4.78 is 9.68. The van der Waals surface area contributed by atoms with E-state index in [2.05, 4.69) is 5.32 Å². The molecule has 29 heavy (non-hydrogen) atoms. The largest absolute Gasteiger partial charge is 0.469 e. The van der Waals surface area contributed by atoms with Gasteiger partial charge in [-0.15, -0.1) is 11.3 Å². The summed E-state index contributed by atoms with van der Waals surface area (Å²) in [4.78, 5) is 37.9. The third-order valence-electron chi connectivity index (χ3n) is 4.78. The molecule has 1 atom stereocenters. The molecule has 8 nitrogen and oxygen atoms in total. The normalized spacial score (nSPS) is 15.0. The lowest BCUT2D eigenvalue weighted by atomic mass is 9.97. The van der Waals surface area contributed by atoms with Crippen LogP contribution in [0.5, 0.6) is 0 Å². The molecule has 1 unspecified atom stereocenters. The Morgan fingerprint density at radius 3 is 2.72 bits per heavy atom. The van der Waals surface area contributed by atoms with Gasteiger partial charge >= 0.3 is 11.9 Å². The lowest BCUT2D eigenvalue weighted by Crippen LogP contribution is -2.73. The van der Waals surface area contributed by atoms with Gasteiger partial charge in [-0.1, -0.05) is 11.6 Å². The number of aryl methyl sites for hydroxylation is 1. The lowest BCUT2D eigenvalue weighted by molar-refractivity contribution is -0.825. The number of hydrogen-bond acceptors (Lipinski definition) is 7. The van der Waals surface area contributed by atoms with Crippen LogP contribution in [0.25, 0.3) is 0 Å². The Morgan fingerprint density at radius 1 is 1.31 bits per heavy atom. The Morgan fingerprint density at radius 2 is 2.07 bits per heavy atom. The second kappa shape index (κ2) is 8.91. The smallest absolute Gasteiger partial charge is 0.313 e. The Labute approximate surface area is 175 Å². The molecule has 1 aromatic carbocycles. The van der Waals surface area contributed by atoms with Crippen LogP contribution in [0.3, 0.4) is 0 Å². The number of carbonyl (C=O) groups excluding carboxylic acids is 3. The molecule has 0 spiro atoms. The molecule has 3 rings (SSSR count). The highest BCUT2D eigenvalue weighted by atomic mass is 35.5. The van der Waals surface area contributed by atoms with Crippen molar-refractivity contribution < 1.29 is 34.5 Å². The fourth-order valence-electron chi connectivity index (χ4n) is 3.38. The van der Waals surface area contributed by atoms with Crippen molar-refractivity contribution in [2.45, 2.75) is 25.2 Å². The maximum absolute atomic E-state index is 12.8. The van der Waals surface area contributed by atoms with Crippen molar-refractivity contribution in [3.05, 3.63) is 44.8 Å². The number of anilines is 1. The molecule has 154 valence electrons. The molecule has 1 amide bonds. The molecule has 0 radical (unpaired) electrons. The number of carbonyl (C=O) groups is 3. The highest BCUT2D eigenvalue weighted by molar-refractivity contribution is 7.16. The number of esters is 2. The number of fused-ring (bicyclic) bond motifs is 1. The first-order valence-corrected chi connectivity index (χ1v) is 9.96. The Balaban J connectivity index is 1.98. The van der Waals surface area contributed by atoms with Crippen molar-refractivity contribution in [2.24, 2.45) is 0 Å². The van der Waals surface area contributed by atoms with Gasteiger partial charge in [-0.05, 0) is 24.5 Å². The van der Waals surface area contributed by atoms with Gasteiger partial charge in [0.2, 0.25) is 0 Å². The average molecular weight is 440 g/mol. The van der Waals surface area contributed by atoms with E-state index in [4.69, 9.17) is 21.1 Å². The predicted octanol–water partition coefficient (Wildman–Crippen LogP) is 2.16. The predicted molar refractivity (Wildman–Crippen MR) is 106 cm³/mol. The van der Waals surface area contributed by atoms with Crippen molar-refractivity contribution >= 4 is 51.5 Å². The molecule has 0 aliphatic heterocycles. The van der Waals surface area contributed by atoms with E-state index in [9.17, 15) is 19.6 Å². The van der Waals surface area contributed by atoms with Gasteiger partial charge in [0.15, 0.2) is 5.69 Å². The first kappa shape index (κ1) is 21.3. The minimum atomic E-state index is -0.487. The van der Waals surface area contributed by atoms with Crippen LogP contribution in [0.15, 0.2) is 18.2 Å². The molecule has 10 heteroatoms. The molecule has 1 aromatic heterocycles.